The van der Waals surface area contributed by atoms with Gasteiger partial charge in [-0.1, -0.05) is 72.8 Å². The van der Waals surface area contributed by atoms with Crippen molar-refractivity contribution in [2.24, 2.45) is 0 Å². The van der Waals surface area contributed by atoms with E-state index in [1.165, 1.54) is 5.56 Å². The maximum Gasteiger partial charge on any atom is 0.240 e. The highest BCUT2D eigenvalue weighted by atomic mass is 32.2. The smallest absolute Gasteiger partial charge is 0.240 e. The van der Waals surface area contributed by atoms with Crippen LogP contribution in [0.25, 0.3) is 22.3 Å². The standard InChI is InChI=1S/C31H28N4O2S/c36-38(37,33-21-23-8-3-1-4-9-23)27-13-7-12-25(20-27)28-14-15-29-31(34-28)30(16-18-32-29)35-19-17-26(22-35)24-10-5-2-6-11-24/h1-16,18,20,26,33H,17,19,21-22H2. The molecule has 0 saturated carbocycles. The molecule has 0 aliphatic carbocycles. The van der Waals surface area contributed by atoms with Crippen LogP contribution < -0.4 is 9.62 Å². The minimum Gasteiger partial charge on any atom is -0.369 e. The molecule has 0 bridgehead atoms. The zero-order valence-electron chi connectivity index (χ0n) is 20.9. The van der Waals surface area contributed by atoms with Crippen LogP contribution in [0.5, 0.6) is 0 Å². The van der Waals surface area contributed by atoms with E-state index in [1.54, 1.807) is 18.2 Å². The van der Waals surface area contributed by atoms with Gasteiger partial charge < -0.3 is 4.90 Å². The topological polar surface area (TPSA) is 75.2 Å². The maximum atomic E-state index is 13.0. The average Bonchev–Trinajstić information content (AvgIpc) is 3.47. The maximum absolute atomic E-state index is 13.0. The average molecular weight is 521 g/mol. The minimum absolute atomic E-state index is 0.212. The number of pyridine rings is 2. The number of anilines is 1. The van der Waals surface area contributed by atoms with Crippen LogP contribution in [-0.4, -0.2) is 31.5 Å². The molecule has 1 N–H and O–H groups in total. The third kappa shape index (κ3) is 5.03. The van der Waals surface area contributed by atoms with E-state index in [1.807, 2.05) is 60.8 Å². The van der Waals surface area contributed by atoms with Crippen molar-refractivity contribution in [2.75, 3.05) is 18.0 Å². The molecule has 1 aliphatic heterocycles. The minimum atomic E-state index is -3.68. The number of nitrogens with zero attached hydrogens (tertiary/aromatic N) is 3. The Morgan fingerprint density at radius 3 is 2.47 bits per heavy atom. The Morgan fingerprint density at radius 2 is 1.66 bits per heavy atom. The fourth-order valence-corrected chi connectivity index (χ4v) is 6.15. The van der Waals surface area contributed by atoms with Crippen molar-refractivity contribution >= 4 is 26.7 Å². The molecule has 1 saturated heterocycles. The van der Waals surface area contributed by atoms with Gasteiger partial charge in [0.2, 0.25) is 10.0 Å². The Hall–Kier alpha value is -4.07. The normalized spacial score (nSPS) is 15.7. The number of hydrogen-bond donors (Lipinski definition) is 1. The number of fused-ring (bicyclic) bond motifs is 1. The first-order chi connectivity index (χ1) is 18.6. The van der Waals surface area contributed by atoms with Gasteiger partial charge in [-0.05, 0) is 47.9 Å². The summed E-state index contributed by atoms with van der Waals surface area (Å²) in [5.74, 6) is 0.480. The van der Waals surface area contributed by atoms with E-state index in [-0.39, 0.29) is 11.4 Å². The van der Waals surface area contributed by atoms with Crippen LogP contribution in [0.15, 0.2) is 114 Å². The molecular formula is C31H28N4O2S. The fraction of sp³-hybridized carbons (Fsp3) is 0.161. The van der Waals surface area contributed by atoms with Gasteiger partial charge in [-0.15, -0.1) is 0 Å². The van der Waals surface area contributed by atoms with Crippen LogP contribution in [0.4, 0.5) is 5.69 Å². The summed E-state index contributed by atoms with van der Waals surface area (Å²) in [4.78, 5) is 12.1. The Bertz CT molecular complexity index is 1670. The summed E-state index contributed by atoms with van der Waals surface area (Å²) in [5.41, 5.74) is 6.43. The van der Waals surface area contributed by atoms with Crippen LogP contribution in [-0.2, 0) is 16.6 Å². The van der Waals surface area contributed by atoms with E-state index in [0.29, 0.717) is 11.6 Å². The van der Waals surface area contributed by atoms with E-state index < -0.39 is 10.0 Å². The summed E-state index contributed by atoms with van der Waals surface area (Å²) in [6, 6.07) is 33.0. The third-order valence-corrected chi connectivity index (χ3v) is 8.51. The first-order valence-corrected chi connectivity index (χ1v) is 14.2. The van der Waals surface area contributed by atoms with Gasteiger partial charge in [0.25, 0.3) is 0 Å². The van der Waals surface area contributed by atoms with Gasteiger partial charge in [-0.25, -0.2) is 18.1 Å². The number of benzene rings is 3. The lowest BCUT2D eigenvalue weighted by Crippen LogP contribution is -2.23. The van der Waals surface area contributed by atoms with Crippen LogP contribution in [0.3, 0.4) is 0 Å². The van der Waals surface area contributed by atoms with Crippen molar-refractivity contribution < 1.29 is 8.42 Å². The SMILES string of the molecule is O=S(=O)(NCc1ccccc1)c1cccc(-c2ccc3nccc(N4CCC(c5ccccc5)C4)c3n2)c1. The van der Waals surface area contributed by atoms with E-state index in [4.69, 9.17) is 4.98 Å². The van der Waals surface area contributed by atoms with Crippen molar-refractivity contribution in [2.45, 2.75) is 23.8 Å². The predicted octanol–water partition coefficient (Wildman–Crippen LogP) is 5.77. The Balaban J connectivity index is 1.28. The van der Waals surface area contributed by atoms with Crippen LogP contribution >= 0.6 is 0 Å². The molecule has 38 heavy (non-hydrogen) atoms. The van der Waals surface area contributed by atoms with Gasteiger partial charge in [-0.3, -0.25) is 4.98 Å². The van der Waals surface area contributed by atoms with Gasteiger partial charge in [0, 0.05) is 37.3 Å². The van der Waals surface area contributed by atoms with Crippen molar-refractivity contribution in [3.8, 4) is 11.3 Å². The molecule has 1 atom stereocenters. The van der Waals surface area contributed by atoms with Crippen LogP contribution in [0, 0.1) is 0 Å². The molecule has 6 rings (SSSR count). The van der Waals surface area contributed by atoms with E-state index in [9.17, 15) is 8.42 Å². The van der Waals surface area contributed by atoms with Crippen LogP contribution in [0.2, 0.25) is 0 Å². The quantitative estimate of drug-likeness (QED) is 0.295. The highest BCUT2D eigenvalue weighted by molar-refractivity contribution is 7.89. The molecule has 0 spiro atoms. The zero-order valence-corrected chi connectivity index (χ0v) is 21.7. The fourth-order valence-electron chi connectivity index (χ4n) is 5.08. The van der Waals surface area contributed by atoms with E-state index in [2.05, 4.69) is 44.9 Å². The molecule has 2 aromatic heterocycles. The molecule has 1 aliphatic rings. The van der Waals surface area contributed by atoms with Gasteiger partial charge >= 0.3 is 0 Å². The second-order valence-electron chi connectivity index (χ2n) is 9.57. The molecule has 1 unspecified atom stereocenters. The molecule has 5 aromatic rings. The summed E-state index contributed by atoms with van der Waals surface area (Å²) in [7, 11) is -3.68. The first-order valence-electron chi connectivity index (χ1n) is 12.8. The summed E-state index contributed by atoms with van der Waals surface area (Å²) in [6.45, 7) is 2.11. The number of hydrogen-bond acceptors (Lipinski definition) is 5. The van der Waals surface area contributed by atoms with Gasteiger partial charge in [0.15, 0.2) is 0 Å². The molecule has 0 amide bonds. The van der Waals surface area contributed by atoms with E-state index >= 15 is 0 Å². The Labute approximate surface area is 223 Å². The monoisotopic (exact) mass is 520 g/mol. The number of sulfonamides is 1. The largest absolute Gasteiger partial charge is 0.369 e. The summed E-state index contributed by atoms with van der Waals surface area (Å²) >= 11 is 0. The van der Waals surface area contributed by atoms with Crippen LogP contribution in [0.1, 0.15) is 23.5 Å². The van der Waals surface area contributed by atoms with Crippen molar-refractivity contribution in [3.05, 3.63) is 120 Å². The van der Waals surface area contributed by atoms with Crippen molar-refractivity contribution in [1.82, 2.24) is 14.7 Å². The number of rotatable bonds is 7. The molecule has 1 fully saturated rings. The molecule has 3 heterocycles. The molecule has 6 nitrogen and oxygen atoms in total. The molecular weight excluding hydrogens is 492 g/mol. The third-order valence-electron chi connectivity index (χ3n) is 7.11. The summed E-state index contributed by atoms with van der Waals surface area (Å²) < 4.78 is 28.8. The highest BCUT2D eigenvalue weighted by Crippen LogP contribution is 2.34. The predicted molar refractivity (Wildman–Crippen MR) is 151 cm³/mol. The molecule has 0 radical (unpaired) electrons. The van der Waals surface area contributed by atoms with Gasteiger partial charge in [0.1, 0.15) is 5.52 Å². The van der Waals surface area contributed by atoms with Gasteiger partial charge in [0.05, 0.1) is 21.8 Å². The Kier molecular flexibility index (Phi) is 6.62. The lowest BCUT2D eigenvalue weighted by molar-refractivity contribution is 0.581. The first kappa shape index (κ1) is 24.3. The Morgan fingerprint density at radius 1 is 0.868 bits per heavy atom. The van der Waals surface area contributed by atoms with Crippen molar-refractivity contribution in [1.29, 1.82) is 0 Å². The highest BCUT2D eigenvalue weighted by Gasteiger charge is 2.25. The van der Waals surface area contributed by atoms with Crippen molar-refractivity contribution in [3.63, 3.8) is 0 Å². The number of nitrogens with one attached hydrogen (secondary N) is 1. The van der Waals surface area contributed by atoms with E-state index in [0.717, 1.165) is 47.4 Å². The van der Waals surface area contributed by atoms with Gasteiger partial charge in [-0.2, -0.15) is 0 Å². The number of aromatic nitrogens is 2. The zero-order chi connectivity index (χ0) is 26.0. The second-order valence-corrected chi connectivity index (χ2v) is 11.3. The summed E-state index contributed by atoms with van der Waals surface area (Å²) in [6.07, 6.45) is 2.92. The lowest BCUT2D eigenvalue weighted by atomic mass is 9.99. The lowest BCUT2D eigenvalue weighted by Gasteiger charge is -2.20. The molecule has 190 valence electrons. The second kappa shape index (κ2) is 10.4. The molecule has 3 aromatic carbocycles. The summed E-state index contributed by atoms with van der Waals surface area (Å²) in [5, 5.41) is 0. The molecule has 7 heteroatoms.